The third-order valence-corrected chi connectivity index (χ3v) is 3.76. The summed E-state index contributed by atoms with van der Waals surface area (Å²) in [7, 11) is 0. The standard InChI is InChI=1S/C16H22N2O4S/c1-10-6-7-11(23-5)12-13(10)22-18-14(12)20-9-8-17-15(19)21-16(2,3)4/h6-7H,8-9H2,1-5H3,(H,17,19). The Morgan fingerprint density at radius 2 is 2.13 bits per heavy atom. The number of aryl methyl sites for hydroxylation is 1. The molecule has 0 fully saturated rings. The largest absolute Gasteiger partial charge is 0.473 e. The molecule has 0 saturated heterocycles. The van der Waals surface area contributed by atoms with Gasteiger partial charge in [0.1, 0.15) is 12.2 Å². The van der Waals surface area contributed by atoms with Gasteiger partial charge < -0.3 is 19.3 Å². The van der Waals surface area contributed by atoms with Crippen LogP contribution in [-0.2, 0) is 4.74 Å². The summed E-state index contributed by atoms with van der Waals surface area (Å²) in [6.07, 6.45) is 1.53. The Labute approximate surface area is 139 Å². The van der Waals surface area contributed by atoms with Crippen molar-refractivity contribution in [2.45, 2.75) is 38.2 Å². The first-order valence-corrected chi connectivity index (χ1v) is 8.57. The molecule has 0 radical (unpaired) electrons. The number of carbonyl (C=O) groups is 1. The number of nitrogens with zero attached hydrogens (tertiary/aromatic N) is 1. The van der Waals surface area contributed by atoms with Crippen molar-refractivity contribution in [2.75, 3.05) is 19.4 Å². The predicted molar refractivity (Wildman–Crippen MR) is 90.3 cm³/mol. The van der Waals surface area contributed by atoms with Crippen molar-refractivity contribution in [2.24, 2.45) is 0 Å². The molecule has 1 heterocycles. The summed E-state index contributed by atoms with van der Waals surface area (Å²) in [4.78, 5) is 12.6. The molecular weight excluding hydrogens is 316 g/mol. The van der Waals surface area contributed by atoms with Gasteiger partial charge in [-0.25, -0.2) is 4.79 Å². The molecule has 1 amide bonds. The van der Waals surface area contributed by atoms with Crippen molar-refractivity contribution in [1.29, 1.82) is 0 Å². The number of fused-ring (bicyclic) bond motifs is 1. The molecule has 0 saturated carbocycles. The SMILES string of the molecule is CSc1ccc(C)c2onc(OCCNC(=O)OC(C)(C)C)c12. The molecule has 2 rings (SSSR count). The molecule has 6 nitrogen and oxygen atoms in total. The zero-order valence-electron chi connectivity index (χ0n) is 14.1. The molecule has 0 aliphatic carbocycles. The normalized spacial score (nSPS) is 11.5. The topological polar surface area (TPSA) is 73.6 Å². The fraction of sp³-hybridized carbons (Fsp3) is 0.500. The number of benzene rings is 1. The first-order valence-electron chi connectivity index (χ1n) is 7.34. The minimum Gasteiger partial charge on any atom is -0.473 e. The van der Waals surface area contributed by atoms with E-state index in [2.05, 4.69) is 10.5 Å². The number of hydrogen-bond acceptors (Lipinski definition) is 6. The molecule has 0 atom stereocenters. The van der Waals surface area contributed by atoms with Gasteiger partial charge in [0.2, 0.25) is 0 Å². The minimum atomic E-state index is -0.516. The van der Waals surface area contributed by atoms with Crippen LogP contribution in [0.1, 0.15) is 26.3 Å². The van der Waals surface area contributed by atoms with Crippen molar-refractivity contribution in [3.05, 3.63) is 17.7 Å². The number of nitrogens with one attached hydrogen (secondary N) is 1. The van der Waals surface area contributed by atoms with E-state index < -0.39 is 11.7 Å². The average molecular weight is 338 g/mol. The Balaban J connectivity index is 1.96. The van der Waals surface area contributed by atoms with Gasteiger partial charge >= 0.3 is 6.09 Å². The van der Waals surface area contributed by atoms with Crippen LogP contribution in [0.5, 0.6) is 5.88 Å². The van der Waals surface area contributed by atoms with E-state index in [-0.39, 0.29) is 6.61 Å². The molecule has 0 aliphatic heterocycles. The average Bonchev–Trinajstić information content (AvgIpc) is 2.87. The highest BCUT2D eigenvalue weighted by Crippen LogP contribution is 2.35. The van der Waals surface area contributed by atoms with Gasteiger partial charge in [0.15, 0.2) is 5.58 Å². The summed E-state index contributed by atoms with van der Waals surface area (Å²) in [5.41, 5.74) is 1.22. The van der Waals surface area contributed by atoms with Crippen molar-refractivity contribution < 1.29 is 18.8 Å². The summed E-state index contributed by atoms with van der Waals surface area (Å²) < 4.78 is 16.2. The molecule has 0 bridgehead atoms. The summed E-state index contributed by atoms with van der Waals surface area (Å²) in [5, 5.41) is 7.50. The summed E-state index contributed by atoms with van der Waals surface area (Å²) in [5.74, 6) is 0.444. The molecule has 126 valence electrons. The quantitative estimate of drug-likeness (QED) is 0.661. The van der Waals surface area contributed by atoms with Crippen LogP contribution in [0.4, 0.5) is 4.79 Å². The van der Waals surface area contributed by atoms with E-state index in [0.29, 0.717) is 12.4 Å². The van der Waals surface area contributed by atoms with Gasteiger partial charge in [-0.15, -0.1) is 11.8 Å². The second-order valence-corrected chi connectivity index (χ2v) is 6.90. The lowest BCUT2D eigenvalue weighted by molar-refractivity contribution is 0.0520. The first-order chi connectivity index (χ1) is 10.8. The van der Waals surface area contributed by atoms with E-state index in [0.717, 1.165) is 21.4 Å². The van der Waals surface area contributed by atoms with Crippen LogP contribution in [-0.4, -0.2) is 36.3 Å². The van der Waals surface area contributed by atoms with E-state index in [1.165, 1.54) is 0 Å². The second kappa shape index (κ2) is 7.12. The predicted octanol–water partition coefficient (Wildman–Crippen LogP) is 3.76. The highest BCUT2D eigenvalue weighted by atomic mass is 32.2. The van der Waals surface area contributed by atoms with Crippen molar-refractivity contribution >= 4 is 28.8 Å². The number of hydrogen-bond donors (Lipinski definition) is 1. The van der Waals surface area contributed by atoms with E-state index in [9.17, 15) is 4.79 Å². The summed E-state index contributed by atoms with van der Waals surface area (Å²) in [6, 6.07) is 4.01. The molecule has 1 aromatic carbocycles. The van der Waals surface area contributed by atoms with Crippen molar-refractivity contribution in [3.8, 4) is 5.88 Å². The first kappa shape index (κ1) is 17.5. The Hall–Kier alpha value is -1.89. The number of ether oxygens (including phenoxy) is 2. The zero-order valence-corrected chi connectivity index (χ0v) is 14.9. The molecule has 7 heteroatoms. The monoisotopic (exact) mass is 338 g/mol. The van der Waals surface area contributed by atoms with Crippen LogP contribution < -0.4 is 10.1 Å². The van der Waals surface area contributed by atoms with Gasteiger partial charge in [0.05, 0.1) is 11.9 Å². The number of thioether (sulfide) groups is 1. The van der Waals surface area contributed by atoms with Gasteiger partial charge in [-0.1, -0.05) is 6.07 Å². The van der Waals surface area contributed by atoms with E-state index in [1.54, 1.807) is 11.8 Å². The Morgan fingerprint density at radius 3 is 2.78 bits per heavy atom. The maximum atomic E-state index is 11.6. The van der Waals surface area contributed by atoms with Crippen LogP contribution >= 0.6 is 11.8 Å². The maximum absolute atomic E-state index is 11.6. The number of carbonyl (C=O) groups excluding carboxylic acids is 1. The van der Waals surface area contributed by atoms with Crippen LogP contribution in [0.25, 0.3) is 11.0 Å². The molecule has 0 aliphatic rings. The highest BCUT2D eigenvalue weighted by Gasteiger charge is 2.17. The maximum Gasteiger partial charge on any atom is 0.407 e. The van der Waals surface area contributed by atoms with Crippen LogP contribution in [0.15, 0.2) is 21.6 Å². The number of amides is 1. The van der Waals surface area contributed by atoms with Crippen LogP contribution in [0.3, 0.4) is 0 Å². The van der Waals surface area contributed by atoms with Crippen molar-refractivity contribution in [3.63, 3.8) is 0 Å². The Bertz CT molecular complexity index is 691. The van der Waals surface area contributed by atoms with Gasteiger partial charge in [-0.3, -0.25) is 0 Å². The lowest BCUT2D eigenvalue weighted by Gasteiger charge is -2.19. The number of rotatable bonds is 5. The molecule has 0 unspecified atom stereocenters. The Morgan fingerprint density at radius 1 is 1.39 bits per heavy atom. The lowest BCUT2D eigenvalue weighted by atomic mass is 10.2. The van der Waals surface area contributed by atoms with E-state index >= 15 is 0 Å². The number of aromatic nitrogens is 1. The Kier molecular flexibility index (Phi) is 5.41. The molecule has 0 spiro atoms. The van der Waals surface area contributed by atoms with Crippen LogP contribution in [0.2, 0.25) is 0 Å². The lowest BCUT2D eigenvalue weighted by Crippen LogP contribution is -2.34. The van der Waals surface area contributed by atoms with Gasteiger partial charge in [-0.05, 0) is 50.7 Å². The smallest absolute Gasteiger partial charge is 0.407 e. The molecule has 2 aromatic rings. The third-order valence-electron chi connectivity index (χ3n) is 2.98. The van der Waals surface area contributed by atoms with Gasteiger partial charge in [-0.2, -0.15) is 0 Å². The summed E-state index contributed by atoms with van der Waals surface area (Å²) in [6.45, 7) is 8.02. The van der Waals surface area contributed by atoms with E-state index in [4.69, 9.17) is 14.0 Å². The molecule has 23 heavy (non-hydrogen) atoms. The van der Waals surface area contributed by atoms with E-state index in [1.807, 2.05) is 46.1 Å². The molecule has 1 N–H and O–H groups in total. The highest BCUT2D eigenvalue weighted by molar-refractivity contribution is 7.98. The number of alkyl carbamates (subject to hydrolysis) is 1. The second-order valence-electron chi connectivity index (χ2n) is 6.05. The fourth-order valence-corrected chi connectivity index (χ4v) is 2.59. The summed E-state index contributed by atoms with van der Waals surface area (Å²) >= 11 is 1.61. The molecular formula is C16H22N2O4S. The fourth-order valence-electron chi connectivity index (χ4n) is 2.01. The van der Waals surface area contributed by atoms with Gasteiger partial charge in [0.25, 0.3) is 5.88 Å². The zero-order chi connectivity index (χ0) is 17.0. The third kappa shape index (κ3) is 4.54. The van der Waals surface area contributed by atoms with Crippen LogP contribution in [0, 0.1) is 6.92 Å². The van der Waals surface area contributed by atoms with Crippen molar-refractivity contribution in [1.82, 2.24) is 10.5 Å². The molecule has 1 aromatic heterocycles. The van der Waals surface area contributed by atoms with Gasteiger partial charge in [0, 0.05) is 4.90 Å². The minimum absolute atomic E-state index is 0.280.